The van der Waals surface area contributed by atoms with E-state index in [0.29, 0.717) is 42.8 Å². The summed E-state index contributed by atoms with van der Waals surface area (Å²) in [6.07, 6.45) is 6.37. The molecule has 0 aromatic carbocycles. The summed E-state index contributed by atoms with van der Waals surface area (Å²) in [7, 11) is 0. The molecule has 2 amide bonds. The second-order valence-electron chi connectivity index (χ2n) is 10.5. The second-order valence-corrected chi connectivity index (χ2v) is 10.5. The lowest BCUT2D eigenvalue weighted by molar-refractivity contribution is -0.142. The molecule has 1 heterocycles. The summed E-state index contributed by atoms with van der Waals surface area (Å²) in [6.45, 7) is 14.8. The third-order valence-electron chi connectivity index (χ3n) is 6.79. The monoisotopic (exact) mass is 422 g/mol. The van der Waals surface area contributed by atoms with Gasteiger partial charge in [-0.2, -0.15) is 0 Å². The van der Waals surface area contributed by atoms with Gasteiger partial charge in [-0.05, 0) is 62.3 Å². The SMILES string of the molecule is CC(=O)N1CCC(N(CC(C)C)CC(C)C)C[C@@H]1C(=O)NCC1CCCC(CN)C1. The molecule has 6 nitrogen and oxygen atoms in total. The maximum absolute atomic E-state index is 13.2. The lowest BCUT2D eigenvalue weighted by atomic mass is 9.81. The molecule has 1 aliphatic carbocycles. The van der Waals surface area contributed by atoms with Crippen molar-refractivity contribution in [2.45, 2.75) is 85.2 Å². The first kappa shape index (κ1) is 25.1. The van der Waals surface area contributed by atoms with Crippen LogP contribution in [0.1, 0.15) is 73.1 Å². The zero-order chi connectivity index (χ0) is 22.3. The fourth-order valence-electron chi connectivity index (χ4n) is 5.38. The molecule has 1 saturated heterocycles. The number of carbonyl (C=O) groups excluding carboxylic acids is 2. The zero-order valence-corrected chi connectivity index (χ0v) is 20.0. The lowest BCUT2D eigenvalue weighted by Gasteiger charge is -2.43. The molecule has 3 N–H and O–H groups in total. The van der Waals surface area contributed by atoms with Gasteiger partial charge in [0.25, 0.3) is 0 Å². The van der Waals surface area contributed by atoms with Gasteiger partial charge in [0.1, 0.15) is 6.04 Å². The second kappa shape index (κ2) is 12.0. The number of likely N-dealkylation sites (tertiary alicyclic amines) is 1. The number of nitrogens with zero attached hydrogens (tertiary/aromatic N) is 2. The Bertz CT molecular complexity index is 541. The van der Waals surface area contributed by atoms with E-state index in [-0.39, 0.29) is 17.9 Å². The molecule has 0 aromatic rings. The Balaban J connectivity index is 2.01. The third-order valence-corrected chi connectivity index (χ3v) is 6.79. The molecule has 0 aromatic heterocycles. The van der Waals surface area contributed by atoms with Crippen molar-refractivity contribution < 1.29 is 9.59 Å². The van der Waals surface area contributed by atoms with Gasteiger partial charge in [0.15, 0.2) is 0 Å². The summed E-state index contributed by atoms with van der Waals surface area (Å²) in [5, 5.41) is 3.20. The van der Waals surface area contributed by atoms with Crippen molar-refractivity contribution in [3.05, 3.63) is 0 Å². The average molecular weight is 423 g/mol. The molecule has 0 spiro atoms. The van der Waals surface area contributed by atoms with Crippen LogP contribution in [0.3, 0.4) is 0 Å². The molecule has 4 atom stereocenters. The molecule has 6 heteroatoms. The van der Waals surface area contributed by atoms with Crippen LogP contribution in [0.25, 0.3) is 0 Å². The van der Waals surface area contributed by atoms with E-state index in [1.54, 1.807) is 11.8 Å². The van der Waals surface area contributed by atoms with Crippen LogP contribution in [0.5, 0.6) is 0 Å². The van der Waals surface area contributed by atoms with Crippen LogP contribution in [0.15, 0.2) is 0 Å². The molecule has 1 aliphatic heterocycles. The van der Waals surface area contributed by atoms with Crippen LogP contribution in [-0.2, 0) is 9.59 Å². The predicted octanol–water partition coefficient (Wildman–Crippen LogP) is 2.86. The summed E-state index contributed by atoms with van der Waals surface area (Å²) in [4.78, 5) is 29.8. The number of piperidine rings is 1. The van der Waals surface area contributed by atoms with Gasteiger partial charge in [-0.3, -0.25) is 14.5 Å². The lowest BCUT2D eigenvalue weighted by Crippen LogP contribution is -2.58. The van der Waals surface area contributed by atoms with Gasteiger partial charge in [0.05, 0.1) is 0 Å². The van der Waals surface area contributed by atoms with Gasteiger partial charge in [-0.25, -0.2) is 0 Å². The van der Waals surface area contributed by atoms with Crippen molar-refractivity contribution in [1.29, 1.82) is 0 Å². The zero-order valence-electron chi connectivity index (χ0n) is 20.0. The number of rotatable bonds is 9. The number of amides is 2. The third kappa shape index (κ3) is 7.52. The van der Waals surface area contributed by atoms with Gasteiger partial charge in [-0.15, -0.1) is 0 Å². The maximum atomic E-state index is 13.2. The topological polar surface area (TPSA) is 78.7 Å². The summed E-state index contributed by atoms with van der Waals surface area (Å²) in [5.74, 6) is 2.31. The Kier molecular flexibility index (Phi) is 10.1. The van der Waals surface area contributed by atoms with Gasteiger partial charge in [0.2, 0.25) is 11.8 Å². The Labute approximate surface area is 184 Å². The summed E-state index contributed by atoms with van der Waals surface area (Å²) in [6, 6.07) is 0.00872. The van der Waals surface area contributed by atoms with E-state index in [4.69, 9.17) is 5.73 Å². The van der Waals surface area contributed by atoms with Gasteiger partial charge in [0, 0.05) is 39.1 Å². The molecule has 3 unspecified atom stereocenters. The summed E-state index contributed by atoms with van der Waals surface area (Å²) >= 11 is 0. The smallest absolute Gasteiger partial charge is 0.242 e. The van der Waals surface area contributed by atoms with E-state index in [1.165, 1.54) is 12.8 Å². The van der Waals surface area contributed by atoms with Crippen molar-refractivity contribution in [3.8, 4) is 0 Å². The first-order valence-corrected chi connectivity index (χ1v) is 12.2. The molecule has 174 valence electrons. The minimum atomic E-state index is -0.350. The fraction of sp³-hybridized carbons (Fsp3) is 0.917. The van der Waals surface area contributed by atoms with Gasteiger partial charge < -0.3 is 16.0 Å². The van der Waals surface area contributed by atoms with Crippen LogP contribution >= 0.6 is 0 Å². The van der Waals surface area contributed by atoms with Crippen LogP contribution in [0, 0.1) is 23.7 Å². The molecule has 30 heavy (non-hydrogen) atoms. The summed E-state index contributed by atoms with van der Waals surface area (Å²) < 4.78 is 0. The van der Waals surface area contributed by atoms with Crippen LogP contribution in [-0.4, -0.2) is 66.4 Å². The fourth-order valence-corrected chi connectivity index (χ4v) is 5.38. The minimum Gasteiger partial charge on any atom is -0.354 e. The molecule has 2 fully saturated rings. The van der Waals surface area contributed by atoms with Crippen LogP contribution in [0.2, 0.25) is 0 Å². The van der Waals surface area contributed by atoms with Gasteiger partial charge >= 0.3 is 0 Å². The summed E-state index contributed by atoms with van der Waals surface area (Å²) in [5.41, 5.74) is 5.87. The van der Waals surface area contributed by atoms with Crippen molar-refractivity contribution in [2.24, 2.45) is 29.4 Å². The molecular formula is C24H46N4O2. The van der Waals surface area contributed by atoms with E-state index in [9.17, 15) is 9.59 Å². The normalized spacial score (nSPS) is 27.7. The van der Waals surface area contributed by atoms with E-state index in [2.05, 4.69) is 37.9 Å². The maximum Gasteiger partial charge on any atom is 0.242 e. The first-order valence-electron chi connectivity index (χ1n) is 12.2. The highest BCUT2D eigenvalue weighted by molar-refractivity contribution is 5.87. The van der Waals surface area contributed by atoms with Crippen molar-refractivity contribution >= 4 is 11.8 Å². The van der Waals surface area contributed by atoms with Crippen LogP contribution in [0.4, 0.5) is 0 Å². The predicted molar refractivity (Wildman–Crippen MR) is 123 cm³/mol. The van der Waals surface area contributed by atoms with E-state index >= 15 is 0 Å². The average Bonchev–Trinajstić information content (AvgIpc) is 2.70. The molecular weight excluding hydrogens is 376 g/mol. The highest BCUT2D eigenvalue weighted by Gasteiger charge is 2.37. The van der Waals surface area contributed by atoms with E-state index in [1.807, 2.05) is 0 Å². The Morgan fingerprint density at radius 1 is 1.03 bits per heavy atom. The van der Waals surface area contributed by atoms with E-state index in [0.717, 1.165) is 45.3 Å². The highest BCUT2D eigenvalue weighted by Crippen LogP contribution is 2.28. The number of nitrogens with two attached hydrogens (primary N) is 1. The van der Waals surface area contributed by atoms with Crippen LogP contribution < -0.4 is 11.1 Å². The number of hydrogen-bond acceptors (Lipinski definition) is 4. The highest BCUT2D eigenvalue weighted by atomic mass is 16.2. The molecule has 2 aliphatic rings. The Morgan fingerprint density at radius 3 is 2.23 bits per heavy atom. The molecule has 0 bridgehead atoms. The quantitative estimate of drug-likeness (QED) is 0.599. The van der Waals surface area contributed by atoms with Crippen molar-refractivity contribution in [1.82, 2.24) is 15.1 Å². The first-order chi connectivity index (χ1) is 14.2. The molecule has 1 saturated carbocycles. The molecule has 0 radical (unpaired) electrons. The minimum absolute atomic E-state index is 0.00808. The molecule has 2 rings (SSSR count). The largest absolute Gasteiger partial charge is 0.354 e. The van der Waals surface area contributed by atoms with E-state index < -0.39 is 0 Å². The Morgan fingerprint density at radius 2 is 1.67 bits per heavy atom. The van der Waals surface area contributed by atoms with Crippen molar-refractivity contribution in [2.75, 3.05) is 32.7 Å². The standard InChI is InChI=1S/C24H46N4O2/c1-17(2)15-27(16-18(3)4)22-9-10-28(19(5)29)23(12-22)24(30)26-14-21-8-6-7-20(11-21)13-25/h17-18,20-23H,6-16,25H2,1-5H3,(H,26,30)/t20?,21?,22?,23-/m1/s1. The number of hydrogen-bond donors (Lipinski definition) is 2. The Hall–Kier alpha value is -1.14. The number of nitrogens with one attached hydrogen (secondary N) is 1. The van der Waals surface area contributed by atoms with Crippen molar-refractivity contribution in [3.63, 3.8) is 0 Å². The van der Waals surface area contributed by atoms with Gasteiger partial charge in [-0.1, -0.05) is 34.1 Å². The number of carbonyl (C=O) groups is 2.